The number of hydrogen-bond acceptors (Lipinski definition) is 4. The molecule has 3 heterocycles. The zero-order valence-corrected chi connectivity index (χ0v) is 18.3. The van der Waals surface area contributed by atoms with Crippen LogP contribution in [0, 0.1) is 0 Å². The molecule has 2 saturated heterocycles. The molecular formula is C23H32BN3O2. The first-order valence-electron chi connectivity index (χ1n) is 11.0. The molecule has 0 saturated carbocycles. The van der Waals surface area contributed by atoms with E-state index in [4.69, 9.17) is 14.3 Å². The standard InChI is InChI=1S/C23H32BN3O2/c1-22(2)23(3,4)29-24(28-22)16-11-12-17-15(14-16)8-6-9-18-20(17)26-21(25-18)19-10-7-13-27(19)5/h11-12,14,19H,6-10,13H2,1-5H3,(H,25,26). The van der Waals surface area contributed by atoms with Crippen LogP contribution in [0.5, 0.6) is 0 Å². The number of likely N-dealkylation sites (tertiary alicyclic amines) is 1. The molecule has 0 radical (unpaired) electrons. The molecule has 0 amide bonds. The summed E-state index contributed by atoms with van der Waals surface area (Å²) in [5.41, 5.74) is 5.53. The van der Waals surface area contributed by atoms with Crippen molar-refractivity contribution in [1.29, 1.82) is 0 Å². The summed E-state index contributed by atoms with van der Waals surface area (Å²) in [5, 5.41) is 0. The molecule has 2 fully saturated rings. The topological polar surface area (TPSA) is 50.4 Å². The minimum absolute atomic E-state index is 0.310. The summed E-state index contributed by atoms with van der Waals surface area (Å²) in [4.78, 5) is 11.2. The summed E-state index contributed by atoms with van der Waals surface area (Å²) in [5.74, 6) is 1.14. The lowest BCUT2D eigenvalue weighted by atomic mass is 9.77. The molecular weight excluding hydrogens is 361 g/mol. The maximum Gasteiger partial charge on any atom is 0.494 e. The summed E-state index contributed by atoms with van der Waals surface area (Å²) in [6.45, 7) is 9.58. The van der Waals surface area contributed by atoms with Gasteiger partial charge in [0, 0.05) is 11.3 Å². The van der Waals surface area contributed by atoms with Crippen molar-refractivity contribution in [3.8, 4) is 11.3 Å². The second-order valence-electron chi connectivity index (χ2n) is 9.95. The third-order valence-corrected chi connectivity index (χ3v) is 7.42. The normalized spacial score (nSPS) is 25.7. The van der Waals surface area contributed by atoms with Crippen molar-refractivity contribution in [2.45, 2.75) is 77.0 Å². The zero-order chi connectivity index (χ0) is 20.4. The molecule has 1 aromatic heterocycles. The van der Waals surface area contributed by atoms with E-state index in [1.165, 1.54) is 29.7 Å². The van der Waals surface area contributed by atoms with Crippen LogP contribution in [-0.2, 0) is 22.2 Å². The van der Waals surface area contributed by atoms with Gasteiger partial charge in [-0.15, -0.1) is 0 Å². The quantitative estimate of drug-likeness (QED) is 0.792. The number of benzene rings is 1. The molecule has 0 bridgehead atoms. The van der Waals surface area contributed by atoms with Gasteiger partial charge in [-0.05, 0) is 84.4 Å². The highest BCUT2D eigenvalue weighted by Crippen LogP contribution is 2.38. The molecule has 0 spiro atoms. The van der Waals surface area contributed by atoms with Gasteiger partial charge < -0.3 is 14.3 Å². The maximum absolute atomic E-state index is 6.28. The second kappa shape index (κ2) is 6.69. The fraction of sp³-hybridized carbons (Fsp3) is 0.609. The summed E-state index contributed by atoms with van der Waals surface area (Å²) < 4.78 is 12.6. The van der Waals surface area contributed by atoms with Crippen molar-refractivity contribution in [3.05, 3.63) is 35.3 Å². The molecule has 1 atom stereocenters. The van der Waals surface area contributed by atoms with Gasteiger partial charge in [-0.2, -0.15) is 0 Å². The Kier molecular flexibility index (Phi) is 4.46. The van der Waals surface area contributed by atoms with Crippen molar-refractivity contribution in [2.24, 2.45) is 0 Å². The first-order valence-corrected chi connectivity index (χ1v) is 11.0. The van der Waals surface area contributed by atoms with Crippen LogP contribution in [0.4, 0.5) is 0 Å². The van der Waals surface area contributed by atoms with E-state index in [0.717, 1.165) is 42.8 Å². The number of nitrogens with one attached hydrogen (secondary N) is 1. The monoisotopic (exact) mass is 393 g/mol. The molecule has 1 aliphatic carbocycles. The van der Waals surface area contributed by atoms with E-state index in [9.17, 15) is 0 Å². The lowest BCUT2D eigenvalue weighted by Crippen LogP contribution is -2.41. The summed E-state index contributed by atoms with van der Waals surface area (Å²) in [7, 11) is 1.89. The largest absolute Gasteiger partial charge is 0.494 e. The third kappa shape index (κ3) is 3.16. The Hall–Kier alpha value is -1.63. The minimum atomic E-state index is -0.317. The number of aromatic nitrogens is 2. The van der Waals surface area contributed by atoms with Crippen LogP contribution in [0.2, 0.25) is 0 Å². The first kappa shape index (κ1) is 19.3. The van der Waals surface area contributed by atoms with E-state index < -0.39 is 0 Å². The van der Waals surface area contributed by atoms with Crippen molar-refractivity contribution in [3.63, 3.8) is 0 Å². The van der Waals surface area contributed by atoms with E-state index in [-0.39, 0.29) is 18.3 Å². The number of aromatic amines is 1. The van der Waals surface area contributed by atoms with Crippen LogP contribution >= 0.6 is 0 Å². The first-order chi connectivity index (χ1) is 13.7. The smallest absolute Gasteiger partial charge is 0.399 e. The van der Waals surface area contributed by atoms with Gasteiger partial charge >= 0.3 is 7.12 Å². The number of rotatable bonds is 2. The number of fused-ring (bicyclic) bond motifs is 3. The van der Waals surface area contributed by atoms with Crippen molar-refractivity contribution >= 4 is 12.6 Å². The summed E-state index contributed by atoms with van der Waals surface area (Å²) >= 11 is 0. The molecule has 6 heteroatoms. The Balaban J connectivity index is 1.48. The molecule has 1 unspecified atom stereocenters. The molecule has 154 valence electrons. The van der Waals surface area contributed by atoms with Crippen LogP contribution in [-0.4, -0.2) is 46.8 Å². The van der Waals surface area contributed by atoms with Gasteiger partial charge in [-0.3, -0.25) is 4.90 Å². The molecule has 5 rings (SSSR count). The van der Waals surface area contributed by atoms with E-state index >= 15 is 0 Å². The van der Waals surface area contributed by atoms with Crippen LogP contribution in [0.1, 0.15) is 70.1 Å². The molecule has 1 aromatic carbocycles. The van der Waals surface area contributed by atoms with Gasteiger partial charge in [0.05, 0.1) is 22.9 Å². The molecule has 2 aromatic rings. The lowest BCUT2D eigenvalue weighted by Gasteiger charge is -2.32. The number of aryl methyl sites for hydroxylation is 2. The van der Waals surface area contributed by atoms with Gasteiger partial charge in [0.15, 0.2) is 0 Å². The summed E-state index contributed by atoms with van der Waals surface area (Å²) in [6, 6.07) is 7.09. The molecule has 1 N–H and O–H groups in total. The van der Waals surface area contributed by atoms with Crippen LogP contribution in [0.3, 0.4) is 0 Å². The fourth-order valence-corrected chi connectivity index (χ4v) is 4.88. The van der Waals surface area contributed by atoms with Gasteiger partial charge in [0.25, 0.3) is 0 Å². The van der Waals surface area contributed by atoms with E-state index in [0.29, 0.717) is 6.04 Å². The molecule has 29 heavy (non-hydrogen) atoms. The van der Waals surface area contributed by atoms with Crippen LogP contribution < -0.4 is 5.46 Å². The van der Waals surface area contributed by atoms with Gasteiger partial charge in [-0.1, -0.05) is 18.2 Å². The van der Waals surface area contributed by atoms with Crippen LogP contribution in [0.25, 0.3) is 11.3 Å². The van der Waals surface area contributed by atoms with Crippen molar-refractivity contribution in [2.75, 3.05) is 13.6 Å². The Bertz CT molecular complexity index is 920. The Morgan fingerprint density at radius 2 is 1.86 bits per heavy atom. The average molecular weight is 393 g/mol. The molecule has 2 aliphatic heterocycles. The Morgan fingerprint density at radius 1 is 1.10 bits per heavy atom. The predicted octanol–water partition coefficient (Wildman–Crippen LogP) is 3.63. The number of imidazole rings is 1. The van der Waals surface area contributed by atoms with Gasteiger partial charge in [-0.25, -0.2) is 4.98 Å². The lowest BCUT2D eigenvalue weighted by molar-refractivity contribution is 0.00578. The Morgan fingerprint density at radius 3 is 2.55 bits per heavy atom. The fourth-order valence-electron chi connectivity index (χ4n) is 4.88. The second-order valence-corrected chi connectivity index (χ2v) is 9.95. The summed E-state index contributed by atoms with van der Waals surface area (Å²) in [6.07, 6.45) is 5.69. The average Bonchev–Trinajstić information content (AvgIpc) is 3.28. The van der Waals surface area contributed by atoms with Crippen molar-refractivity contribution < 1.29 is 9.31 Å². The van der Waals surface area contributed by atoms with Crippen molar-refractivity contribution in [1.82, 2.24) is 14.9 Å². The van der Waals surface area contributed by atoms with Gasteiger partial charge in [0.2, 0.25) is 0 Å². The maximum atomic E-state index is 6.28. The third-order valence-electron chi connectivity index (χ3n) is 7.42. The minimum Gasteiger partial charge on any atom is -0.399 e. The van der Waals surface area contributed by atoms with Gasteiger partial charge in [0.1, 0.15) is 5.82 Å². The highest BCUT2D eigenvalue weighted by molar-refractivity contribution is 6.62. The number of H-pyrrole nitrogens is 1. The Labute approximate surface area is 174 Å². The zero-order valence-electron chi connectivity index (χ0n) is 18.3. The number of nitrogens with zero attached hydrogens (tertiary/aromatic N) is 2. The molecule has 3 aliphatic rings. The molecule has 5 nitrogen and oxygen atoms in total. The van der Waals surface area contributed by atoms with E-state index in [1.54, 1.807) is 0 Å². The SMILES string of the molecule is CN1CCCC1c1nc2c([nH]1)CCCc1cc(B3OC(C)(C)C(C)(C)O3)ccc1-2. The van der Waals surface area contributed by atoms with Crippen LogP contribution in [0.15, 0.2) is 18.2 Å². The van der Waals surface area contributed by atoms with E-state index in [2.05, 4.69) is 62.8 Å². The predicted molar refractivity (Wildman–Crippen MR) is 116 cm³/mol. The number of hydrogen-bond donors (Lipinski definition) is 1. The van der Waals surface area contributed by atoms with E-state index in [1.807, 2.05) is 0 Å². The highest BCUT2D eigenvalue weighted by Gasteiger charge is 2.51. The highest BCUT2D eigenvalue weighted by atomic mass is 16.7.